The van der Waals surface area contributed by atoms with Gasteiger partial charge in [-0.05, 0) is 6.92 Å². The first-order valence-corrected chi connectivity index (χ1v) is 5.83. The largest absolute Gasteiger partial charge is 0.408 e. The maximum Gasteiger partial charge on any atom is 0.315 e. The Morgan fingerprint density at radius 3 is 3.06 bits per heavy atom. The van der Waals surface area contributed by atoms with E-state index < -0.39 is 0 Å². The Bertz CT molecular complexity index is 452. The first kappa shape index (κ1) is 11.0. The Labute approximate surface area is 96.9 Å². The van der Waals surface area contributed by atoms with Crippen LogP contribution in [0.15, 0.2) is 9.80 Å². The molecule has 0 fully saturated rings. The maximum atomic E-state index is 5.38. The van der Waals surface area contributed by atoms with Crippen LogP contribution in [0.1, 0.15) is 16.6 Å². The fourth-order valence-electron chi connectivity index (χ4n) is 1.21. The summed E-state index contributed by atoms with van der Waals surface area (Å²) in [6.45, 7) is 3.07. The molecule has 2 aromatic heterocycles. The molecular formula is C9H13N5OS. The molecule has 0 spiro atoms. The van der Waals surface area contributed by atoms with Gasteiger partial charge in [0.2, 0.25) is 5.89 Å². The van der Waals surface area contributed by atoms with Crippen LogP contribution >= 0.6 is 11.3 Å². The van der Waals surface area contributed by atoms with Gasteiger partial charge >= 0.3 is 6.01 Å². The molecule has 0 radical (unpaired) electrons. The quantitative estimate of drug-likeness (QED) is 0.807. The molecule has 3 N–H and O–H groups in total. The predicted molar refractivity (Wildman–Crippen MR) is 61.2 cm³/mol. The molecule has 86 valence electrons. The minimum absolute atomic E-state index is 0.411. The van der Waals surface area contributed by atoms with Crippen molar-refractivity contribution in [3.05, 3.63) is 22.0 Å². The van der Waals surface area contributed by atoms with E-state index >= 15 is 0 Å². The maximum absolute atomic E-state index is 5.38. The van der Waals surface area contributed by atoms with Crippen LogP contribution in [0, 0.1) is 6.92 Å². The van der Waals surface area contributed by atoms with Gasteiger partial charge in [-0.15, -0.1) is 16.4 Å². The molecule has 0 aliphatic rings. The second kappa shape index (κ2) is 5.04. The standard InChI is InChI=1S/C9H13N5OS/c1-6-12-7(5-16-6)4-11-9-14-13-8(15-9)2-3-10/h5H,2-4,10H2,1H3,(H,11,14). The monoisotopic (exact) mass is 239 g/mol. The van der Waals surface area contributed by atoms with E-state index in [2.05, 4.69) is 20.5 Å². The number of aromatic nitrogens is 3. The van der Waals surface area contributed by atoms with Gasteiger partial charge in [0, 0.05) is 18.3 Å². The molecule has 0 saturated carbocycles. The van der Waals surface area contributed by atoms with Crippen molar-refractivity contribution in [1.82, 2.24) is 15.2 Å². The molecule has 16 heavy (non-hydrogen) atoms. The molecule has 0 aliphatic carbocycles. The van der Waals surface area contributed by atoms with Gasteiger partial charge in [0.05, 0.1) is 17.2 Å². The average molecular weight is 239 g/mol. The highest BCUT2D eigenvalue weighted by molar-refractivity contribution is 7.09. The number of hydrogen-bond donors (Lipinski definition) is 2. The van der Waals surface area contributed by atoms with Crippen LogP contribution in [0.2, 0.25) is 0 Å². The number of nitrogens with zero attached hydrogens (tertiary/aromatic N) is 3. The molecular weight excluding hydrogens is 226 g/mol. The summed E-state index contributed by atoms with van der Waals surface area (Å²) in [5.74, 6) is 0.555. The van der Waals surface area contributed by atoms with Crippen LogP contribution in [-0.2, 0) is 13.0 Å². The van der Waals surface area contributed by atoms with Crippen molar-refractivity contribution in [3.8, 4) is 0 Å². The Hall–Kier alpha value is -1.47. The lowest BCUT2D eigenvalue weighted by molar-refractivity contribution is 0.505. The zero-order chi connectivity index (χ0) is 11.4. The number of rotatable bonds is 5. The average Bonchev–Trinajstić information content (AvgIpc) is 2.85. The molecule has 0 atom stereocenters. The summed E-state index contributed by atoms with van der Waals surface area (Å²) in [4.78, 5) is 4.32. The number of nitrogens with two attached hydrogens (primary N) is 1. The summed E-state index contributed by atoms with van der Waals surface area (Å²) in [6, 6.07) is 0.411. The molecule has 2 heterocycles. The van der Waals surface area contributed by atoms with Gasteiger partial charge in [-0.2, -0.15) is 0 Å². The SMILES string of the molecule is Cc1nc(CNc2nnc(CCN)o2)cs1. The lowest BCUT2D eigenvalue weighted by Crippen LogP contribution is -2.02. The first-order valence-electron chi connectivity index (χ1n) is 4.95. The van der Waals surface area contributed by atoms with Crippen molar-refractivity contribution in [3.63, 3.8) is 0 Å². The summed E-state index contributed by atoms with van der Waals surface area (Å²) >= 11 is 1.62. The fourth-order valence-corrected chi connectivity index (χ4v) is 1.82. The molecule has 0 saturated heterocycles. The zero-order valence-electron chi connectivity index (χ0n) is 8.93. The highest BCUT2D eigenvalue weighted by atomic mass is 32.1. The van der Waals surface area contributed by atoms with E-state index in [0.717, 1.165) is 10.7 Å². The molecule has 2 rings (SSSR count). The third kappa shape index (κ3) is 2.77. The summed E-state index contributed by atoms with van der Waals surface area (Å²) in [7, 11) is 0. The van der Waals surface area contributed by atoms with Gasteiger partial charge in [-0.3, -0.25) is 0 Å². The van der Waals surface area contributed by atoms with Crippen LogP contribution in [0.3, 0.4) is 0 Å². The van der Waals surface area contributed by atoms with Crippen molar-refractivity contribution < 1.29 is 4.42 Å². The van der Waals surface area contributed by atoms with Crippen molar-refractivity contribution in [2.45, 2.75) is 19.9 Å². The zero-order valence-corrected chi connectivity index (χ0v) is 9.75. The highest BCUT2D eigenvalue weighted by Crippen LogP contribution is 2.11. The van der Waals surface area contributed by atoms with Crippen LogP contribution in [0.4, 0.5) is 6.01 Å². The molecule has 2 aromatic rings. The van der Waals surface area contributed by atoms with Gasteiger partial charge in [0.1, 0.15) is 0 Å². The Morgan fingerprint density at radius 2 is 2.38 bits per heavy atom. The molecule has 0 bridgehead atoms. The van der Waals surface area contributed by atoms with Crippen molar-refractivity contribution in [2.24, 2.45) is 5.73 Å². The molecule has 0 aliphatic heterocycles. The molecule has 6 nitrogen and oxygen atoms in total. The van der Waals surface area contributed by atoms with Crippen LogP contribution in [0.25, 0.3) is 0 Å². The number of nitrogens with one attached hydrogen (secondary N) is 1. The van der Waals surface area contributed by atoms with E-state index in [-0.39, 0.29) is 0 Å². The second-order valence-electron chi connectivity index (χ2n) is 3.25. The van der Waals surface area contributed by atoms with Gasteiger partial charge in [-0.25, -0.2) is 4.98 Å². The Balaban J connectivity index is 1.89. The van der Waals surface area contributed by atoms with E-state index in [9.17, 15) is 0 Å². The summed E-state index contributed by atoms with van der Waals surface area (Å²) in [6.07, 6.45) is 0.602. The Morgan fingerprint density at radius 1 is 1.50 bits per heavy atom. The van der Waals surface area contributed by atoms with Crippen molar-refractivity contribution in [2.75, 3.05) is 11.9 Å². The lowest BCUT2D eigenvalue weighted by atomic mass is 10.4. The van der Waals surface area contributed by atoms with E-state index in [4.69, 9.17) is 10.2 Å². The van der Waals surface area contributed by atoms with E-state index in [1.54, 1.807) is 11.3 Å². The van der Waals surface area contributed by atoms with E-state index in [1.807, 2.05) is 12.3 Å². The number of anilines is 1. The van der Waals surface area contributed by atoms with Crippen molar-refractivity contribution in [1.29, 1.82) is 0 Å². The highest BCUT2D eigenvalue weighted by Gasteiger charge is 2.05. The topological polar surface area (TPSA) is 89.9 Å². The number of aryl methyl sites for hydroxylation is 1. The number of hydrogen-bond acceptors (Lipinski definition) is 7. The van der Waals surface area contributed by atoms with Gasteiger partial charge < -0.3 is 15.5 Å². The molecule has 0 aromatic carbocycles. The summed E-state index contributed by atoms with van der Waals surface area (Å²) < 4.78 is 5.31. The third-order valence-corrected chi connectivity index (χ3v) is 2.73. The van der Waals surface area contributed by atoms with Crippen molar-refractivity contribution >= 4 is 17.4 Å². The van der Waals surface area contributed by atoms with E-state index in [1.165, 1.54) is 0 Å². The summed E-state index contributed by atoms with van der Waals surface area (Å²) in [5.41, 5.74) is 6.35. The van der Waals surface area contributed by atoms with Crippen LogP contribution in [0.5, 0.6) is 0 Å². The van der Waals surface area contributed by atoms with Crippen LogP contribution in [-0.4, -0.2) is 21.7 Å². The third-order valence-electron chi connectivity index (χ3n) is 1.91. The van der Waals surface area contributed by atoms with Gasteiger partial charge in [0.25, 0.3) is 0 Å². The predicted octanol–water partition coefficient (Wildman–Crippen LogP) is 0.948. The normalized spacial score (nSPS) is 10.6. The minimum atomic E-state index is 0.411. The fraction of sp³-hybridized carbons (Fsp3) is 0.444. The molecule has 7 heteroatoms. The first-order chi connectivity index (χ1) is 7.78. The van der Waals surface area contributed by atoms with E-state index in [0.29, 0.717) is 31.4 Å². The smallest absolute Gasteiger partial charge is 0.315 e. The second-order valence-corrected chi connectivity index (χ2v) is 4.31. The lowest BCUT2D eigenvalue weighted by Gasteiger charge is -1.96. The number of thiazole rings is 1. The van der Waals surface area contributed by atoms with Gasteiger partial charge in [-0.1, -0.05) is 5.10 Å². The molecule has 0 unspecified atom stereocenters. The molecule has 0 amide bonds. The Kier molecular flexibility index (Phi) is 3.47. The van der Waals surface area contributed by atoms with Crippen LogP contribution < -0.4 is 11.1 Å². The summed E-state index contributed by atoms with van der Waals surface area (Å²) in [5, 5.41) is 13.8. The minimum Gasteiger partial charge on any atom is -0.408 e. The van der Waals surface area contributed by atoms with Gasteiger partial charge in [0.15, 0.2) is 0 Å².